The lowest BCUT2D eigenvalue weighted by Crippen LogP contribution is -2.33. The van der Waals surface area contributed by atoms with Crippen molar-refractivity contribution in [2.24, 2.45) is 0 Å². The Balaban J connectivity index is 2.16. The van der Waals surface area contributed by atoms with Gasteiger partial charge in [-0.05, 0) is 30.2 Å². The van der Waals surface area contributed by atoms with Crippen LogP contribution in [0.25, 0.3) is 0 Å². The molecule has 0 aliphatic heterocycles. The third-order valence-electron chi connectivity index (χ3n) is 3.83. The van der Waals surface area contributed by atoms with Crippen molar-refractivity contribution >= 4 is 5.91 Å². The first-order chi connectivity index (χ1) is 11.1. The molecule has 1 unspecified atom stereocenters. The molecule has 0 aliphatic rings. The van der Waals surface area contributed by atoms with E-state index in [9.17, 15) is 9.90 Å². The molecule has 124 valence electrons. The van der Waals surface area contributed by atoms with Crippen molar-refractivity contribution in [3.05, 3.63) is 47.3 Å². The molecule has 1 aromatic carbocycles. The maximum atomic E-state index is 12.6. The Morgan fingerprint density at radius 1 is 1.39 bits per heavy atom. The third-order valence-corrected chi connectivity index (χ3v) is 3.83. The van der Waals surface area contributed by atoms with Gasteiger partial charge in [0, 0.05) is 12.7 Å². The molecular weight excluding hydrogens is 294 g/mol. The van der Waals surface area contributed by atoms with E-state index in [1.54, 1.807) is 20.2 Å². The fraction of sp³-hybridized carbons (Fsp3) is 0.412. The molecule has 6 heteroatoms. The first-order valence-electron chi connectivity index (χ1n) is 7.67. The highest BCUT2D eigenvalue weighted by molar-refractivity contribution is 5.92. The first kappa shape index (κ1) is 17.0. The van der Waals surface area contributed by atoms with Crippen LogP contribution in [0, 0.1) is 0 Å². The molecule has 0 aliphatic carbocycles. The Hall–Kier alpha value is -2.34. The molecule has 2 aromatic rings. The van der Waals surface area contributed by atoms with E-state index < -0.39 is 6.04 Å². The molecule has 0 saturated carbocycles. The zero-order chi connectivity index (χ0) is 16.8. The summed E-state index contributed by atoms with van der Waals surface area (Å²) in [4.78, 5) is 14.1. The highest BCUT2D eigenvalue weighted by atomic mass is 16.5. The summed E-state index contributed by atoms with van der Waals surface area (Å²) in [5, 5.41) is 16.7. The molecule has 1 heterocycles. The topological polar surface area (TPSA) is 78.5 Å². The molecule has 2 N–H and O–H groups in total. The van der Waals surface area contributed by atoms with E-state index in [0.717, 1.165) is 29.8 Å². The number of hydrogen-bond donors (Lipinski definition) is 2. The van der Waals surface area contributed by atoms with Gasteiger partial charge in [-0.1, -0.05) is 25.5 Å². The van der Waals surface area contributed by atoms with Crippen molar-refractivity contribution in [1.29, 1.82) is 0 Å². The number of aliphatic hydroxyl groups is 1. The Morgan fingerprint density at radius 2 is 2.09 bits per heavy atom. The van der Waals surface area contributed by atoms with Crippen LogP contribution in [0.2, 0.25) is 0 Å². The summed E-state index contributed by atoms with van der Waals surface area (Å²) in [6, 6.07) is 8.64. The average Bonchev–Trinajstić information content (AvgIpc) is 3.04. The maximum Gasteiger partial charge on any atom is 0.274 e. The van der Waals surface area contributed by atoms with Gasteiger partial charge in [0.1, 0.15) is 11.4 Å². The lowest BCUT2D eigenvalue weighted by atomic mass is 10.1. The summed E-state index contributed by atoms with van der Waals surface area (Å²) in [6.45, 7) is 1.90. The maximum absolute atomic E-state index is 12.6. The van der Waals surface area contributed by atoms with Gasteiger partial charge in [0.15, 0.2) is 0 Å². The number of aliphatic hydroxyl groups excluding tert-OH is 1. The molecule has 0 spiro atoms. The van der Waals surface area contributed by atoms with Gasteiger partial charge in [0.25, 0.3) is 5.91 Å². The third kappa shape index (κ3) is 3.90. The van der Waals surface area contributed by atoms with E-state index in [1.165, 1.54) is 4.90 Å². The number of benzene rings is 1. The number of ether oxygens (including phenoxy) is 1. The van der Waals surface area contributed by atoms with E-state index in [0.29, 0.717) is 5.69 Å². The van der Waals surface area contributed by atoms with Gasteiger partial charge < -0.3 is 14.7 Å². The number of hydrogen-bond acceptors (Lipinski definition) is 4. The molecule has 1 atom stereocenters. The predicted octanol–water partition coefficient (Wildman–Crippen LogP) is 2.18. The number of nitrogens with one attached hydrogen (secondary N) is 1. The second-order valence-electron chi connectivity index (χ2n) is 5.42. The van der Waals surface area contributed by atoms with Gasteiger partial charge in [-0.25, -0.2) is 0 Å². The van der Waals surface area contributed by atoms with Gasteiger partial charge in [0.05, 0.1) is 19.8 Å². The second-order valence-corrected chi connectivity index (χ2v) is 5.42. The van der Waals surface area contributed by atoms with Crippen molar-refractivity contribution in [2.75, 3.05) is 20.8 Å². The molecule has 0 saturated heterocycles. The van der Waals surface area contributed by atoms with E-state index in [-0.39, 0.29) is 12.5 Å². The molecule has 1 aromatic heterocycles. The van der Waals surface area contributed by atoms with Crippen LogP contribution in [0.5, 0.6) is 5.75 Å². The van der Waals surface area contributed by atoms with Crippen LogP contribution >= 0.6 is 0 Å². The summed E-state index contributed by atoms with van der Waals surface area (Å²) in [5.74, 6) is 0.509. The van der Waals surface area contributed by atoms with Crippen LogP contribution < -0.4 is 4.74 Å². The van der Waals surface area contributed by atoms with E-state index >= 15 is 0 Å². The van der Waals surface area contributed by atoms with Gasteiger partial charge in [-0.15, -0.1) is 0 Å². The number of aromatic amines is 1. The summed E-state index contributed by atoms with van der Waals surface area (Å²) in [5.41, 5.74) is 2.14. The van der Waals surface area contributed by atoms with E-state index in [2.05, 4.69) is 17.1 Å². The number of methoxy groups -OCH3 is 1. The smallest absolute Gasteiger partial charge is 0.274 e. The van der Waals surface area contributed by atoms with Gasteiger partial charge in [-0.3, -0.25) is 9.89 Å². The summed E-state index contributed by atoms with van der Waals surface area (Å²) >= 11 is 0. The lowest BCUT2D eigenvalue weighted by Gasteiger charge is -2.26. The molecule has 1 amide bonds. The number of aromatic nitrogens is 2. The minimum atomic E-state index is -0.431. The number of rotatable bonds is 7. The highest BCUT2D eigenvalue weighted by Gasteiger charge is 2.24. The molecule has 2 rings (SSSR count). The monoisotopic (exact) mass is 317 g/mol. The Bertz CT molecular complexity index is 637. The van der Waals surface area contributed by atoms with Crippen molar-refractivity contribution in [2.45, 2.75) is 25.8 Å². The quantitative estimate of drug-likeness (QED) is 0.820. The molecule has 0 radical (unpaired) electrons. The average molecular weight is 317 g/mol. The first-order valence-corrected chi connectivity index (χ1v) is 7.67. The summed E-state index contributed by atoms with van der Waals surface area (Å²) in [7, 11) is 3.27. The molecule has 0 fully saturated rings. The van der Waals surface area contributed by atoms with E-state index in [4.69, 9.17) is 4.74 Å². The van der Waals surface area contributed by atoms with Crippen LogP contribution in [0.1, 0.15) is 41.1 Å². The standard InChI is InChI=1S/C17H23N3O3/c1-4-5-13-10-15(19-18-13)17(22)20(2)16(11-21)12-6-8-14(23-3)9-7-12/h6-10,16,21H,4-5,11H2,1-3H3,(H,18,19). The van der Waals surface area contributed by atoms with Crippen molar-refractivity contribution in [1.82, 2.24) is 15.1 Å². The van der Waals surface area contributed by atoms with Crippen LogP contribution in [0.3, 0.4) is 0 Å². The number of likely N-dealkylation sites (N-methyl/N-ethyl adjacent to an activating group) is 1. The Morgan fingerprint density at radius 3 is 2.65 bits per heavy atom. The van der Waals surface area contributed by atoms with Crippen molar-refractivity contribution in [3.63, 3.8) is 0 Å². The molecule has 23 heavy (non-hydrogen) atoms. The normalized spacial score (nSPS) is 12.0. The molecular formula is C17H23N3O3. The van der Waals surface area contributed by atoms with Gasteiger partial charge >= 0.3 is 0 Å². The summed E-state index contributed by atoms with van der Waals surface area (Å²) in [6.07, 6.45) is 1.84. The Labute approximate surface area is 136 Å². The van der Waals surface area contributed by atoms with Crippen LogP contribution in [0.4, 0.5) is 0 Å². The van der Waals surface area contributed by atoms with Crippen molar-refractivity contribution < 1.29 is 14.6 Å². The number of carbonyl (C=O) groups is 1. The fourth-order valence-electron chi connectivity index (χ4n) is 2.47. The highest BCUT2D eigenvalue weighted by Crippen LogP contribution is 2.23. The van der Waals surface area contributed by atoms with Crippen molar-refractivity contribution in [3.8, 4) is 5.75 Å². The van der Waals surface area contributed by atoms with Crippen LogP contribution in [0.15, 0.2) is 30.3 Å². The number of amides is 1. The zero-order valence-electron chi connectivity index (χ0n) is 13.7. The SMILES string of the molecule is CCCc1cc(C(=O)N(C)C(CO)c2ccc(OC)cc2)n[nH]1. The minimum absolute atomic E-state index is 0.166. The molecule has 0 bridgehead atoms. The summed E-state index contributed by atoms with van der Waals surface area (Å²) < 4.78 is 5.13. The lowest BCUT2D eigenvalue weighted by molar-refractivity contribution is 0.0652. The zero-order valence-corrected chi connectivity index (χ0v) is 13.7. The number of carbonyl (C=O) groups excluding carboxylic acids is 1. The largest absolute Gasteiger partial charge is 0.497 e. The van der Waals surface area contributed by atoms with Crippen LogP contribution in [-0.4, -0.2) is 46.9 Å². The van der Waals surface area contributed by atoms with E-state index in [1.807, 2.05) is 24.3 Å². The number of aryl methyl sites for hydroxylation is 1. The van der Waals surface area contributed by atoms with Gasteiger partial charge in [0.2, 0.25) is 0 Å². The predicted molar refractivity (Wildman–Crippen MR) is 87.5 cm³/mol. The van der Waals surface area contributed by atoms with Gasteiger partial charge in [-0.2, -0.15) is 5.10 Å². The second kappa shape index (κ2) is 7.78. The minimum Gasteiger partial charge on any atom is -0.497 e. The Kier molecular flexibility index (Phi) is 5.76. The number of nitrogens with zero attached hydrogens (tertiary/aromatic N) is 2. The fourth-order valence-corrected chi connectivity index (χ4v) is 2.47. The molecule has 6 nitrogen and oxygen atoms in total. The number of H-pyrrole nitrogens is 1. The van der Waals surface area contributed by atoms with Crippen LogP contribution in [-0.2, 0) is 6.42 Å².